The molecular formula is C10H17N3O. The third-order valence-electron chi connectivity index (χ3n) is 2.39. The second-order valence-corrected chi connectivity index (χ2v) is 3.70. The molecule has 0 spiro atoms. The molecule has 0 fully saturated rings. The van der Waals surface area contributed by atoms with Crippen LogP contribution in [0.15, 0.2) is 18.2 Å². The fourth-order valence-corrected chi connectivity index (χ4v) is 1.45. The Bertz CT molecular complexity index is 323. The molecule has 1 atom stereocenters. The van der Waals surface area contributed by atoms with E-state index in [0.717, 1.165) is 5.56 Å². The van der Waals surface area contributed by atoms with Gasteiger partial charge < -0.3 is 22.3 Å². The quantitative estimate of drug-likeness (QED) is 0.525. The highest BCUT2D eigenvalue weighted by atomic mass is 16.3. The number of para-hydroxylation sites is 1. The molecule has 4 nitrogen and oxygen atoms in total. The van der Waals surface area contributed by atoms with Crippen LogP contribution in [0.5, 0.6) is 0 Å². The molecule has 0 saturated heterocycles. The van der Waals surface area contributed by atoms with Gasteiger partial charge in [-0.1, -0.05) is 12.1 Å². The molecule has 0 aliphatic carbocycles. The molecule has 14 heavy (non-hydrogen) atoms. The molecule has 7 N–H and O–H groups in total. The van der Waals surface area contributed by atoms with Crippen molar-refractivity contribution in [1.82, 2.24) is 0 Å². The number of hydrogen-bond acceptors (Lipinski definition) is 4. The van der Waals surface area contributed by atoms with Crippen LogP contribution in [0.3, 0.4) is 0 Å². The fraction of sp³-hybridized carbons (Fsp3) is 0.400. The first-order chi connectivity index (χ1) is 6.49. The summed E-state index contributed by atoms with van der Waals surface area (Å²) >= 11 is 0. The number of rotatable bonds is 3. The third-order valence-corrected chi connectivity index (χ3v) is 2.39. The minimum Gasteiger partial charge on any atom is -0.397 e. The van der Waals surface area contributed by atoms with Crippen LogP contribution >= 0.6 is 0 Å². The number of aliphatic hydroxyl groups is 1. The van der Waals surface area contributed by atoms with E-state index in [4.69, 9.17) is 22.3 Å². The molecule has 0 aliphatic heterocycles. The van der Waals surface area contributed by atoms with Crippen LogP contribution in [0.1, 0.15) is 18.9 Å². The first kappa shape index (κ1) is 10.8. The summed E-state index contributed by atoms with van der Waals surface area (Å²) in [5.74, 6) is 0. The molecule has 0 amide bonds. The minimum absolute atomic E-state index is 0.0290. The zero-order valence-electron chi connectivity index (χ0n) is 8.33. The lowest BCUT2D eigenvalue weighted by Crippen LogP contribution is -2.35. The summed E-state index contributed by atoms with van der Waals surface area (Å²) in [6.07, 6.45) is 0.459. The van der Waals surface area contributed by atoms with Crippen molar-refractivity contribution in [2.45, 2.75) is 18.9 Å². The highest BCUT2D eigenvalue weighted by molar-refractivity contribution is 5.68. The molecule has 1 rings (SSSR count). The summed E-state index contributed by atoms with van der Waals surface area (Å²) in [5.41, 5.74) is 18.7. The Morgan fingerprint density at radius 2 is 2.00 bits per heavy atom. The van der Waals surface area contributed by atoms with Crippen LogP contribution in [0.25, 0.3) is 0 Å². The maximum absolute atomic E-state index is 8.87. The maximum atomic E-state index is 8.87. The Kier molecular flexibility index (Phi) is 2.98. The predicted octanol–water partition coefficient (Wildman–Crippen LogP) is 0.407. The predicted molar refractivity (Wildman–Crippen MR) is 58.5 cm³/mol. The smallest absolute Gasteiger partial charge is 0.0598 e. The highest BCUT2D eigenvalue weighted by Gasteiger charge is 2.23. The van der Waals surface area contributed by atoms with Crippen LogP contribution in [-0.4, -0.2) is 11.7 Å². The van der Waals surface area contributed by atoms with Crippen molar-refractivity contribution in [3.63, 3.8) is 0 Å². The zero-order valence-corrected chi connectivity index (χ0v) is 8.33. The summed E-state index contributed by atoms with van der Waals surface area (Å²) in [6.45, 7) is 1.86. The lowest BCUT2D eigenvalue weighted by atomic mass is 9.88. The largest absolute Gasteiger partial charge is 0.397 e. The topological polar surface area (TPSA) is 98.3 Å². The third kappa shape index (κ3) is 1.97. The normalized spacial score (nSPS) is 15.1. The summed E-state index contributed by atoms with van der Waals surface area (Å²) < 4.78 is 0. The van der Waals surface area contributed by atoms with Gasteiger partial charge >= 0.3 is 0 Å². The summed E-state index contributed by atoms with van der Waals surface area (Å²) in [5, 5.41) is 8.87. The molecule has 0 saturated carbocycles. The molecule has 1 aromatic carbocycles. The summed E-state index contributed by atoms with van der Waals surface area (Å²) in [7, 11) is 0. The fourth-order valence-electron chi connectivity index (χ4n) is 1.45. The standard InChI is InChI=1S/C10H17N3O/c1-10(13,5-6-14)7-3-2-4-8(11)9(7)12/h2-4,14H,5-6,11-13H2,1H3. The van der Waals surface area contributed by atoms with Crippen molar-refractivity contribution < 1.29 is 5.11 Å². The number of nitrogens with two attached hydrogens (primary N) is 3. The molecule has 0 aliphatic rings. The van der Waals surface area contributed by atoms with Crippen LogP contribution in [0.2, 0.25) is 0 Å². The van der Waals surface area contributed by atoms with Crippen LogP contribution in [0, 0.1) is 0 Å². The summed E-state index contributed by atoms with van der Waals surface area (Å²) in [4.78, 5) is 0. The maximum Gasteiger partial charge on any atom is 0.0598 e. The van der Waals surface area contributed by atoms with E-state index in [0.29, 0.717) is 17.8 Å². The van der Waals surface area contributed by atoms with Crippen LogP contribution < -0.4 is 17.2 Å². The van der Waals surface area contributed by atoms with Crippen molar-refractivity contribution >= 4 is 11.4 Å². The monoisotopic (exact) mass is 195 g/mol. The van der Waals surface area contributed by atoms with Gasteiger partial charge in [-0.3, -0.25) is 0 Å². The molecule has 1 aromatic rings. The van der Waals surface area contributed by atoms with Gasteiger partial charge in [0, 0.05) is 12.1 Å². The molecule has 0 aromatic heterocycles. The van der Waals surface area contributed by atoms with Gasteiger partial charge in [-0.2, -0.15) is 0 Å². The number of benzene rings is 1. The molecular weight excluding hydrogens is 178 g/mol. The van der Waals surface area contributed by atoms with Gasteiger partial charge in [0.2, 0.25) is 0 Å². The first-order valence-corrected chi connectivity index (χ1v) is 4.53. The van der Waals surface area contributed by atoms with E-state index in [1.165, 1.54) is 0 Å². The van der Waals surface area contributed by atoms with E-state index < -0.39 is 5.54 Å². The molecule has 1 unspecified atom stereocenters. The Morgan fingerprint density at radius 3 is 2.57 bits per heavy atom. The lowest BCUT2D eigenvalue weighted by Gasteiger charge is -2.26. The SMILES string of the molecule is CC(N)(CCO)c1cccc(N)c1N. The molecule has 4 heteroatoms. The Morgan fingerprint density at radius 1 is 1.36 bits per heavy atom. The van der Waals surface area contributed by atoms with Crippen molar-refractivity contribution in [3.05, 3.63) is 23.8 Å². The second-order valence-electron chi connectivity index (χ2n) is 3.70. The van der Waals surface area contributed by atoms with Gasteiger partial charge in [-0.15, -0.1) is 0 Å². The van der Waals surface area contributed by atoms with E-state index in [-0.39, 0.29) is 6.61 Å². The number of aliphatic hydroxyl groups excluding tert-OH is 1. The van der Waals surface area contributed by atoms with E-state index in [1.807, 2.05) is 19.1 Å². The van der Waals surface area contributed by atoms with Crippen molar-refractivity contribution in [1.29, 1.82) is 0 Å². The highest BCUT2D eigenvalue weighted by Crippen LogP contribution is 2.30. The van der Waals surface area contributed by atoms with Crippen molar-refractivity contribution in [3.8, 4) is 0 Å². The molecule has 0 radical (unpaired) electrons. The van der Waals surface area contributed by atoms with Gasteiger partial charge in [-0.25, -0.2) is 0 Å². The Balaban J connectivity index is 3.12. The van der Waals surface area contributed by atoms with Crippen LogP contribution in [-0.2, 0) is 5.54 Å². The molecule has 0 bridgehead atoms. The number of nitrogen functional groups attached to an aromatic ring is 2. The van der Waals surface area contributed by atoms with Crippen LogP contribution in [0.4, 0.5) is 11.4 Å². The Hall–Kier alpha value is -1.26. The number of anilines is 2. The van der Waals surface area contributed by atoms with Gasteiger partial charge in [0.15, 0.2) is 0 Å². The van der Waals surface area contributed by atoms with Crippen molar-refractivity contribution in [2.24, 2.45) is 5.73 Å². The van der Waals surface area contributed by atoms with E-state index >= 15 is 0 Å². The van der Waals surface area contributed by atoms with Gasteiger partial charge in [0.05, 0.1) is 11.4 Å². The lowest BCUT2D eigenvalue weighted by molar-refractivity contribution is 0.247. The second kappa shape index (κ2) is 3.86. The van der Waals surface area contributed by atoms with Gasteiger partial charge in [0.25, 0.3) is 0 Å². The Labute approximate surface area is 83.7 Å². The van der Waals surface area contributed by atoms with E-state index in [2.05, 4.69) is 0 Å². The average Bonchev–Trinajstić information content (AvgIpc) is 2.09. The first-order valence-electron chi connectivity index (χ1n) is 4.53. The van der Waals surface area contributed by atoms with Gasteiger partial charge in [0.1, 0.15) is 0 Å². The van der Waals surface area contributed by atoms with Gasteiger partial charge in [-0.05, 0) is 25.0 Å². The zero-order chi connectivity index (χ0) is 10.8. The number of hydrogen-bond donors (Lipinski definition) is 4. The van der Waals surface area contributed by atoms with E-state index in [9.17, 15) is 0 Å². The molecule has 0 heterocycles. The molecule has 78 valence electrons. The minimum atomic E-state index is -0.631. The average molecular weight is 195 g/mol. The van der Waals surface area contributed by atoms with E-state index in [1.54, 1.807) is 6.07 Å². The summed E-state index contributed by atoms with van der Waals surface area (Å²) in [6, 6.07) is 5.37. The van der Waals surface area contributed by atoms with Crippen molar-refractivity contribution in [2.75, 3.05) is 18.1 Å².